The van der Waals surface area contributed by atoms with Gasteiger partial charge in [-0.1, -0.05) is 72.3 Å². The van der Waals surface area contributed by atoms with Gasteiger partial charge in [0.15, 0.2) is 5.16 Å². The van der Waals surface area contributed by atoms with Crippen LogP contribution in [0.5, 0.6) is 0 Å². The van der Waals surface area contributed by atoms with Gasteiger partial charge < -0.3 is 5.32 Å². The first kappa shape index (κ1) is 21.2. The number of aryl methyl sites for hydroxylation is 1. The van der Waals surface area contributed by atoms with E-state index in [-0.39, 0.29) is 11.2 Å². The Bertz CT molecular complexity index is 1180. The summed E-state index contributed by atoms with van der Waals surface area (Å²) in [7, 11) is 0. The molecule has 0 atom stereocenters. The number of carbonyl (C=O) groups is 1. The van der Waals surface area contributed by atoms with Gasteiger partial charge in [0.25, 0.3) is 0 Å². The standard InChI is InChI=1S/C24H21ClN4OS/c1-17-11-13-19(14-12-17)16-29-24(27-23(25)28-29)31-21-10-6-5-9-20(21)26-22(30)15-18-7-3-2-4-8-18/h2-14H,15-16H2,1H3,(H,26,30). The minimum Gasteiger partial charge on any atom is -0.325 e. The Balaban J connectivity index is 1.51. The zero-order valence-electron chi connectivity index (χ0n) is 17.0. The van der Waals surface area contributed by atoms with Crippen molar-refractivity contribution >= 4 is 35.0 Å². The van der Waals surface area contributed by atoms with Crippen molar-refractivity contribution in [3.63, 3.8) is 0 Å². The van der Waals surface area contributed by atoms with E-state index < -0.39 is 0 Å². The van der Waals surface area contributed by atoms with E-state index >= 15 is 0 Å². The fourth-order valence-electron chi connectivity index (χ4n) is 3.08. The molecule has 1 heterocycles. The summed E-state index contributed by atoms with van der Waals surface area (Å²) in [6, 6.07) is 25.6. The van der Waals surface area contributed by atoms with Crippen molar-refractivity contribution in [1.82, 2.24) is 14.8 Å². The lowest BCUT2D eigenvalue weighted by molar-refractivity contribution is -0.115. The minimum atomic E-state index is -0.0709. The molecule has 0 spiro atoms. The summed E-state index contributed by atoms with van der Waals surface area (Å²) < 4.78 is 1.78. The van der Waals surface area contributed by atoms with Crippen molar-refractivity contribution < 1.29 is 4.79 Å². The molecule has 4 rings (SSSR count). The summed E-state index contributed by atoms with van der Waals surface area (Å²) in [6.45, 7) is 2.62. The monoisotopic (exact) mass is 448 g/mol. The van der Waals surface area contributed by atoms with E-state index in [1.807, 2.05) is 54.6 Å². The van der Waals surface area contributed by atoms with Gasteiger partial charge in [-0.3, -0.25) is 4.79 Å². The number of aromatic nitrogens is 3. The molecular formula is C24H21ClN4OS. The number of hydrogen-bond donors (Lipinski definition) is 1. The Morgan fingerprint density at radius 1 is 0.968 bits per heavy atom. The molecule has 0 bridgehead atoms. The van der Waals surface area contributed by atoms with Gasteiger partial charge in [-0.15, -0.1) is 5.10 Å². The lowest BCUT2D eigenvalue weighted by atomic mass is 10.1. The molecule has 7 heteroatoms. The largest absolute Gasteiger partial charge is 0.325 e. The predicted molar refractivity (Wildman–Crippen MR) is 125 cm³/mol. The molecule has 0 saturated heterocycles. The molecule has 0 radical (unpaired) electrons. The average Bonchev–Trinajstić information content (AvgIpc) is 3.10. The van der Waals surface area contributed by atoms with Gasteiger partial charge in [0.1, 0.15) is 0 Å². The van der Waals surface area contributed by atoms with Crippen LogP contribution in [-0.4, -0.2) is 20.7 Å². The first-order valence-corrected chi connectivity index (χ1v) is 11.0. The van der Waals surface area contributed by atoms with Crippen LogP contribution in [0.3, 0.4) is 0 Å². The second kappa shape index (κ2) is 9.81. The molecular weight excluding hydrogens is 428 g/mol. The van der Waals surface area contributed by atoms with Crippen LogP contribution in [0.1, 0.15) is 16.7 Å². The molecule has 0 aliphatic rings. The molecule has 1 aromatic heterocycles. The first-order valence-electron chi connectivity index (χ1n) is 9.83. The zero-order chi connectivity index (χ0) is 21.6. The number of carbonyl (C=O) groups excluding carboxylic acids is 1. The second-order valence-electron chi connectivity index (χ2n) is 7.12. The van der Waals surface area contributed by atoms with E-state index in [0.717, 1.165) is 21.7 Å². The quantitative estimate of drug-likeness (QED) is 0.398. The Labute approximate surface area is 190 Å². The van der Waals surface area contributed by atoms with Crippen molar-refractivity contribution in [3.8, 4) is 0 Å². The summed E-state index contributed by atoms with van der Waals surface area (Å²) in [6.07, 6.45) is 0.315. The number of nitrogens with one attached hydrogen (secondary N) is 1. The van der Waals surface area contributed by atoms with Crippen molar-refractivity contribution in [2.45, 2.75) is 29.9 Å². The number of para-hydroxylation sites is 1. The van der Waals surface area contributed by atoms with Crippen molar-refractivity contribution in [1.29, 1.82) is 0 Å². The molecule has 0 aliphatic heterocycles. The lowest BCUT2D eigenvalue weighted by Crippen LogP contribution is -2.15. The maximum atomic E-state index is 12.6. The molecule has 5 nitrogen and oxygen atoms in total. The molecule has 156 valence electrons. The average molecular weight is 449 g/mol. The molecule has 0 aliphatic carbocycles. The number of rotatable bonds is 7. The second-order valence-corrected chi connectivity index (χ2v) is 8.46. The molecule has 0 unspecified atom stereocenters. The van der Waals surface area contributed by atoms with Gasteiger partial charge in [-0.05, 0) is 53.5 Å². The van der Waals surface area contributed by atoms with Crippen LogP contribution in [0.25, 0.3) is 0 Å². The van der Waals surface area contributed by atoms with E-state index in [4.69, 9.17) is 11.6 Å². The van der Waals surface area contributed by atoms with E-state index in [0.29, 0.717) is 18.1 Å². The van der Waals surface area contributed by atoms with Crippen LogP contribution in [0, 0.1) is 6.92 Å². The highest BCUT2D eigenvalue weighted by Crippen LogP contribution is 2.33. The van der Waals surface area contributed by atoms with Crippen LogP contribution >= 0.6 is 23.4 Å². The maximum absolute atomic E-state index is 12.6. The van der Waals surface area contributed by atoms with Gasteiger partial charge in [0, 0.05) is 4.90 Å². The fraction of sp³-hybridized carbons (Fsp3) is 0.125. The van der Waals surface area contributed by atoms with Crippen molar-refractivity contribution in [3.05, 3.63) is 101 Å². The number of nitrogens with zero attached hydrogens (tertiary/aromatic N) is 3. The number of halogens is 1. The highest BCUT2D eigenvalue weighted by atomic mass is 35.5. The number of hydrogen-bond acceptors (Lipinski definition) is 4. The number of amides is 1. The molecule has 4 aromatic rings. The molecule has 1 amide bonds. The van der Waals surface area contributed by atoms with E-state index in [1.54, 1.807) is 4.68 Å². The molecule has 0 saturated carbocycles. The van der Waals surface area contributed by atoms with Crippen molar-refractivity contribution in [2.24, 2.45) is 0 Å². The van der Waals surface area contributed by atoms with E-state index in [2.05, 4.69) is 46.6 Å². The first-order chi connectivity index (χ1) is 15.1. The van der Waals surface area contributed by atoms with Gasteiger partial charge >= 0.3 is 0 Å². The molecule has 31 heavy (non-hydrogen) atoms. The lowest BCUT2D eigenvalue weighted by Gasteiger charge is -2.11. The zero-order valence-corrected chi connectivity index (χ0v) is 18.5. The SMILES string of the molecule is Cc1ccc(Cn2nc(Cl)nc2Sc2ccccc2NC(=O)Cc2ccccc2)cc1. The number of anilines is 1. The summed E-state index contributed by atoms with van der Waals surface area (Å²) >= 11 is 7.53. The smallest absolute Gasteiger partial charge is 0.243 e. The fourth-order valence-corrected chi connectivity index (χ4v) is 4.22. The van der Waals surface area contributed by atoms with Gasteiger partial charge in [-0.25, -0.2) is 4.68 Å². The third-order valence-electron chi connectivity index (χ3n) is 4.63. The van der Waals surface area contributed by atoms with Crippen LogP contribution in [-0.2, 0) is 17.8 Å². The van der Waals surface area contributed by atoms with Gasteiger partial charge in [0.2, 0.25) is 11.2 Å². The Morgan fingerprint density at radius 2 is 1.68 bits per heavy atom. The predicted octanol–water partition coefficient (Wildman–Crippen LogP) is 5.62. The number of benzene rings is 3. The van der Waals surface area contributed by atoms with E-state index in [9.17, 15) is 4.79 Å². The highest BCUT2D eigenvalue weighted by Gasteiger charge is 2.14. The summed E-state index contributed by atoms with van der Waals surface area (Å²) in [5.41, 5.74) is 4.01. The normalized spacial score (nSPS) is 10.8. The molecule has 3 aromatic carbocycles. The minimum absolute atomic E-state index is 0.0709. The maximum Gasteiger partial charge on any atom is 0.243 e. The Kier molecular flexibility index (Phi) is 6.70. The molecule has 0 fully saturated rings. The third-order valence-corrected chi connectivity index (χ3v) is 5.86. The Hall–Kier alpha value is -3.09. The van der Waals surface area contributed by atoms with Gasteiger partial charge in [-0.2, -0.15) is 4.98 Å². The van der Waals surface area contributed by atoms with Crippen LogP contribution in [0.2, 0.25) is 5.28 Å². The topological polar surface area (TPSA) is 59.8 Å². The summed E-state index contributed by atoms with van der Waals surface area (Å²) in [5.74, 6) is -0.0709. The van der Waals surface area contributed by atoms with Gasteiger partial charge in [0.05, 0.1) is 18.7 Å². The highest BCUT2D eigenvalue weighted by molar-refractivity contribution is 7.99. The van der Waals surface area contributed by atoms with Crippen molar-refractivity contribution in [2.75, 3.05) is 5.32 Å². The van der Waals surface area contributed by atoms with Crippen LogP contribution < -0.4 is 5.32 Å². The van der Waals surface area contributed by atoms with Crippen LogP contribution in [0.15, 0.2) is 88.9 Å². The van der Waals surface area contributed by atoms with Crippen LogP contribution in [0.4, 0.5) is 5.69 Å². The summed E-state index contributed by atoms with van der Waals surface area (Å²) in [5, 5.41) is 8.20. The van der Waals surface area contributed by atoms with E-state index in [1.165, 1.54) is 17.3 Å². The Morgan fingerprint density at radius 3 is 2.45 bits per heavy atom. The third kappa shape index (κ3) is 5.75. The molecule has 1 N–H and O–H groups in total. The summed E-state index contributed by atoms with van der Waals surface area (Å²) in [4.78, 5) is 17.8.